The predicted molar refractivity (Wildman–Crippen MR) is 47.0 cm³/mol. The Bertz CT molecular complexity index is 268. The van der Waals surface area contributed by atoms with Crippen molar-refractivity contribution in [3.63, 3.8) is 0 Å². The Kier molecular flexibility index (Phi) is 3.07. The fourth-order valence-corrected chi connectivity index (χ4v) is 0.845. The fourth-order valence-electron chi connectivity index (χ4n) is 0.681. The highest BCUT2D eigenvalue weighted by molar-refractivity contribution is 6.35. The summed E-state index contributed by atoms with van der Waals surface area (Å²) in [6.07, 6.45) is 1.31. The topological polar surface area (TPSA) is 84.1 Å². The highest BCUT2D eigenvalue weighted by Crippen LogP contribution is 2.22. The molecule has 0 atom stereocenters. The predicted octanol–water partition coefficient (Wildman–Crippen LogP) is 0.116. The van der Waals surface area contributed by atoms with E-state index in [1.807, 2.05) is 0 Å². The molecule has 0 unspecified atom stereocenters. The van der Waals surface area contributed by atoms with Gasteiger partial charge in [-0.2, -0.15) is 0 Å². The first-order valence-electron chi connectivity index (χ1n) is 3.36. The molecular weight excluding hydrogens is 180 g/mol. The van der Waals surface area contributed by atoms with E-state index in [1.54, 1.807) is 0 Å². The molecule has 0 saturated heterocycles. The van der Waals surface area contributed by atoms with Crippen LogP contribution < -0.4 is 11.1 Å². The van der Waals surface area contributed by atoms with Crippen LogP contribution in [0.1, 0.15) is 0 Å². The lowest BCUT2D eigenvalue weighted by atomic mass is 10.5. The molecule has 12 heavy (non-hydrogen) atoms. The second kappa shape index (κ2) is 4.08. The van der Waals surface area contributed by atoms with E-state index in [4.69, 9.17) is 22.4 Å². The van der Waals surface area contributed by atoms with Crippen molar-refractivity contribution < 1.29 is 5.11 Å². The molecule has 1 heterocycles. The van der Waals surface area contributed by atoms with Gasteiger partial charge < -0.3 is 16.2 Å². The average molecular weight is 189 g/mol. The molecule has 0 bridgehead atoms. The summed E-state index contributed by atoms with van der Waals surface area (Å²) in [7, 11) is 0. The SMILES string of the molecule is Nc1ncnc(NCCO)c1Cl. The molecule has 0 fully saturated rings. The van der Waals surface area contributed by atoms with Crippen LogP contribution in [0.25, 0.3) is 0 Å². The Labute approximate surface area is 74.6 Å². The molecule has 66 valence electrons. The summed E-state index contributed by atoms with van der Waals surface area (Å²) in [5.74, 6) is 0.672. The minimum atomic E-state index is 0.0141. The van der Waals surface area contributed by atoms with Crippen LogP contribution in [0.3, 0.4) is 0 Å². The van der Waals surface area contributed by atoms with E-state index in [-0.39, 0.29) is 17.4 Å². The number of nitrogens with two attached hydrogens (primary N) is 1. The van der Waals surface area contributed by atoms with E-state index >= 15 is 0 Å². The number of halogens is 1. The molecule has 1 aromatic heterocycles. The molecule has 5 nitrogen and oxygen atoms in total. The van der Waals surface area contributed by atoms with Crippen LogP contribution in [0.15, 0.2) is 6.33 Å². The second-order valence-electron chi connectivity index (χ2n) is 2.07. The first kappa shape index (κ1) is 9.02. The highest BCUT2D eigenvalue weighted by atomic mass is 35.5. The van der Waals surface area contributed by atoms with Gasteiger partial charge in [-0.05, 0) is 0 Å². The summed E-state index contributed by atoms with van der Waals surface area (Å²) in [5.41, 5.74) is 5.41. The number of aliphatic hydroxyl groups excluding tert-OH is 1. The maximum absolute atomic E-state index is 8.51. The van der Waals surface area contributed by atoms with E-state index in [2.05, 4.69) is 15.3 Å². The van der Waals surface area contributed by atoms with Crippen molar-refractivity contribution >= 4 is 23.2 Å². The highest BCUT2D eigenvalue weighted by Gasteiger charge is 2.04. The van der Waals surface area contributed by atoms with Gasteiger partial charge in [0.1, 0.15) is 17.2 Å². The lowest BCUT2D eigenvalue weighted by molar-refractivity contribution is 0.311. The van der Waals surface area contributed by atoms with Crippen LogP contribution in [0, 0.1) is 0 Å². The van der Waals surface area contributed by atoms with Crippen molar-refractivity contribution in [3.8, 4) is 0 Å². The van der Waals surface area contributed by atoms with E-state index in [0.717, 1.165) is 0 Å². The molecule has 0 aliphatic rings. The first-order valence-corrected chi connectivity index (χ1v) is 3.74. The smallest absolute Gasteiger partial charge is 0.150 e. The van der Waals surface area contributed by atoms with E-state index < -0.39 is 0 Å². The monoisotopic (exact) mass is 188 g/mol. The standard InChI is InChI=1S/C6H9ClN4O/c7-4-5(8)10-3-11-6(4)9-1-2-12/h3,12H,1-2H2,(H3,8,9,10,11). The van der Waals surface area contributed by atoms with E-state index in [1.165, 1.54) is 6.33 Å². The number of nitrogens with one attached hydrogen (secondary N) is 1. The summed E-state index contributed by atoms with van der Waals surface area (Å²) in [4.78, 5) is 7.51. The molecule has 1 aromatic rings. The summed E-state index contributed by atoms with van der Waals surface area (Å²) >= 11 is 5.73. The molecule has 0 saturated carbocycles. The van der Waals surface area contributed by atoms with Gasteiger partial charge in [-0.25, -0.2) is 9.97 Å². The van der Waals surface area contributed by atoms with E-state index in [9.17, 15) is 0 Å². The number of hydrogen-bond acceptors (Lipinski definition) is 5. The van der Waals surface area contributed by atoms with Crippen LogP contribution in [-0.2, 0) is 0 Å². The van der Waals surface area contributed by atoms with Crippen molar-refractivity contribution in [1.29, 1.82) is 0 Å². The summed E-state index contributed by atoms with van der Waals surface area (Å²) in [6.45, 7) is 0.399. The number of anilines is 2. The number of rotatable bonds is 3. The summed E-state index contributed by atoms with van der Waals surface area (Å²) < 4.78 is 0. The van der Waals surface area contributed by atoms with Gasteiger partial charge in [0, 0.05) is 6.54 Å². The largest absolute Gasteiger partial charge is 0.395 e. The fraction of sp³-hybridized carbons (Fsp3) is 0.333. The van der Waals surface area contributed by atoms with E-state index in [0.29, 0.717) is 12.4 Å². The molecule has 1 rings (SSSR count). The number of nitrogen functional groups attached to an aromatic ring is 1. The Morgan fingerprint density at radius 1 is 1.58 bits per heavy atom. The zero-order chi connectivity index (χ0) is 8.97. The molecule has 0 aliphatic carbocycles. The van der Waals surface area contributed by atoms with Crippen molar-refractivity contribution in [3.05, 3.63) is 11.3 Å². The van der Waals surface area contributed by atoms with Gasteiger partial charge in [0.05, 0.1) is 6.61 Å². The zero-order valence-electron chi connectivity index (χ0n) is 6.29. The van der Waals surface area contributed by atoms with Crippen LogP contribution in [-0.4, -0.2) is 28.2 Å². The molecule has 4 N–H and O–H groups in total. The lowest BCUT2D eigenvalue weighted by Crippen LogP contribution is -2.08. The second-order valence-corrected chi connectivity index (χ2v) is 2.45. The van der Waals surface area contributed by atoms with Crippen molar-refractivity contribution in [2.24, 2.45) is 0 Å². The van der Waals surface area contributed by atoms with Gasteiger partial charge in [0.15, 0.2) is 5.82 Å². The molecule has 0 amide bonds. The van der Waals surface area contributed by atoms with Gasteiger partial charge in [0.25, 0.3) is 0 Å². The number of aliphatic hydroxyl groups is 1. The molecular formula is C6H9ClN4O. The van der Waals surface area contributed by atoms with Gasteiger partial charge in [0.2, 0.25) is 0 Å². The molecule has 0 radical (unpaired) electrons. The molecule has 0 aliphatic heterocycles. The third-order valence-corrected chi connectivity index (χ3v) is 1.59. The van der Waals surface area contributed by atoms with Crippen LogP contribution in [0.5, 0.6) is 0 Å². The Hall–Kier alpha value is -1.07. The Morgan fingerprint density at radius 2 is 2.33 bits per heavy atom. The maximum Gasteiger partial charge on any atom is 0.150 e. The molecule has 0 aromatic carbocycles. The Balaban J connectivity index is 2.78. The van der Waals surface area contributed by atoms with Crippen LogP contribution >= 0.6 is 11.6 Å². The lowest BCUT2D eigenvalue weighted by Gasteiger charge is -2.05. The minimum Gasteiger partial charge on any atom is -0.395 e. The van der Waals surface area contributed by atoms with Crippen molar-refractivity contribution in [2.45, 2.75) is 0 Å². The number of aromatic nitrogens is 2. The van der Waals surface area contributed by atoms with Gasteiger partial charge in [-0.15, -0.1) is 0 Å². The average Bonchev–Trinajstić information content (AvgIpc) is 2.08. The van der Waals surface area contributed by atoms with Crippen LogP contribution in [0.4, 0.5) is 11.6 Å². The molecule has 0 spiro atoms. The molecule has 6 heteroatoms. The van der Waals surface area contributed by atoms with Gasteiger partial charge in [-0.3, -0.25) is 0 Å². The van der Waals surface area contributed by atoms with Crippen molar-refractivity contribution in [1.82, 2.24) is 9.97 Å². The quantitative estimate of drug-likeness (QED) is 0.628. The third-order valence-electron chi connectivity index (χ3n) is 1.22. The van der Waals surface area contributed by atoms with Gasteiger partial charge in [-0.1, -0.05) is 11.6 Å². The van der Waals surface area contributed by atoms with Crippen molar-refractivity contribution in [2.75, 3.05) is 24.2 Å². The third kappa shape index (κ3) is 1.96. The summed E-state index contributed by atoms with van der Waals surface area (Å²) in [5, 5.41) is 11.6. The summed E-state index contributed by atoms with van der Waals surface area (Å²) in [6, 6.07) is 0. The maximum atomic E-state index is 8.51. The van der Waals surface area contributed by atoms with Crippen LogP contribution in [0.2, 0.25) is 5.02 Å². The normalized spacial score (nSPS) is 9.83. The first-order chi connectivity index (χ1) is 5.75. The van der Waals surface area contributed by atoms with Gasteiger partial charge >= 0.3 is 0 Å². The minimum absolute atomic E-state index is 0.0141. The number of hydrogen-bond donors (Lipinski definition) is 3. The number of nitrogens with zero attached hydrogens (tertiary/aromatic N) is 2. The Morgan fingerprint density at radius 3 is 3.00 bits per heavy atom. The zero-order valence-corrected chi connectivity index (χ0v) is 7.04.